The SMILES string of the molecule is CCCN1CC2CC(CN(C)C2)C1. The van der Waals surface area contributed by atoms with Crippen LogP contribution in [0.25, 0.3) is 0 Å². The van der Waals surface area contributed by atoms with Crippen molar-refractivity contribution in [3.63, 3.8) is 0 Å². The molecule has 13 heavy (non-hydrogen) atoms. The molecule has 0 aromatic heterocycles. The zero-order valence-electron chi connectivity index (χ0n) is 9.00. The van der Waals surface area contributed by atoms with Gasteiger partial charge in [-0.15, -0.1) is 0 Å². The Morgan fingerprint density at radius 2 is 1.69 bits per heavy atom. The van der Waals surface area contributed by atoms with E-state index in [1.54, 1.807) is 0 Å². The van der Waals surface area contributed by atoms with Gasteiger partial charge in [0.2, 0.25) is 0 Å². The molecule has 2 nitrogen and oxygen atoms in total. The molecule has 2 aliphatic heterocycles. The molecule has 2 saturated heterocycles. The van der Waals surface area contributed by atoms with E-state index in [-0.39, 0.29) is 0 Å². The summed E-state index contributed by atoms with van der Waals surface area (Å²) in [7, 11) is 2.27. The molecule has 0 aromatic carbocycles. The predicted octanol–water partition coefficient (Wildman–Crippen LogP) is 1.28. The molecule has 76 valence electrons. The van der Waals surface area contributed by atoms with Crippen LogP contribution in [0.5, 0.6) is 0 Å². The summed E-state index contributed by atoms with van der Waals surface area (Å²) in [5, 5.41) is 0. The molecule has 0 N–H and O–H groups in total. The van der Waals surface area contributed by atoms with E-state index in [1.165, 1.54) is 45.6 Å². The highest BCUT2D eigenvalue weighted by Gasteiger charge is 2.31. The maximum absolute atomic E-state index is 2.67. The van der Waals surface area contributed by atoms with Crippen molar-refractivity contribution in [1.29, 1.82) is 0 Å². The molecule has 2 aliphatic rings. The summed E-state index contributed by atoms with van der Waals surface area (Å²) in [4.78, 5) is 5.19. The molecule has 0 saturated carbocycles. The summed E-state index contributed by atoms with van der Waals surface area (Å²) in [6.45, 7) is 8.98. The lowest BCUT2D eigenvalue weighted by Gasteiger charge is -2.44. The quantitative estimate of drug-likeness (QED) is 0.635. The highest BCUT2D eigenvalue weighted by atomic mass is 15.2. The largest absolute Gasteiger partial charge is 0.306 e. The second-order valence-corrected chi connectivity index (χ2v) is 4.95. The summed E-state index contributed by atoms with van der Waals surface area (Å²) < 4.78 is 0. The van der Waals surface area contributed by atoms with Crippen molar-refractivity contribution in [1.82, 2.24) is 9.80 Å². The van der Waals surface area contributed by atoms with E-state index < -0.39 is 0 Å². The summed E-state index contributed by atoms with van der Waals surface area (Å²) >= 11 is 0. The average Bonchev–Trinajstić information content (AvgIpc) is 2.01. The number of hydrogen-bond acceptors (Lipinski definition) is 2. The third-order valence-electron chi connectivity index (χ3n) is 3.38. The molecule has 2 unspecified atom stereocenters. The molecule has 2 heteroatoms. The smallest absolute Gasteiger partial charge is 0.00221 e. The second kappa shape index (κ2) is 3.97. The first-order valence-electron chi connectivity index (χ1n) is 5.68. The Morgan fingerprint density at radius 1 is 1.08 bits per heavy atom. The van der Waals surface area contributed by atoms with E-state index in [0.29, 0.717) is 0 Å². The average molecular weight is 182 g/mol. The van der Waals surface area contributed by atoms with Crippen LogP contribution in [-0.2, 0) is 0 Å². The Bertz CT molecular complexity index is 151. The van der Waals surface area contributed by atoms with Crippen molar-refractivity contribution in [2.45, 2.75) is 19.8 Å². The standard InChI is InChI=1S/C11H22N2/c1-3-4-13-8-10-5-11(9-13)7-12(2)6-10/h10-11H,3-9H2,1-2H3. The fraction of sp³-hybridized carbons (Fsp3) is 1.00. The van der Waals surface area contributed by atoms with Crippen molar-refractivity contribution in [3.8, 4) is 0 Å². The molecule has 2 heterocycles. The third-order valence-corrected chi connectivity index (χ3v) is 3.38. The Morgan fingerprint density at radius 3 is 2.23 bits per heavy atom. The van der Waals surface area contributed by atoms with E-state index in [4.69, 9.17) is 0 Å². The van der Waals surface area contributed by atoms with Gasteiger partial charge in [0.15, 0.2) is 0 Å². The van der Waals surface area contributed by atoms with Crippen molar-refractivity contribution in [3.05, 3.63) is 0 Å². The van der Waals surface area contributed by atoms with Crippen molar-refractivity contribution < 1.29 is 0 Å². The van der Waals surface area contributed by atoms with Crippen LogP contribution >= 0.6 is 0 Å². The van der Waals surface area contributed by atoms with Crippen LogP contribution in [0.3, 0.4) is 0 Å². The lowest BCUT2D eigenvalue weighted by molar-refractivity contribution is 0.0434. The maximum atomic E-state index is 2.67. The number of nitrogens with zero attached hydrogens (tertiary/aromatic N) is 2. The van der Waals surface area contributed by atoms with E-state index in [1.807, 2.05) is 0 Å². The first kappa shape index (κ1) is 9.47. The number of piperidine rings is 2. The van der Waals surface area contributed by atoms with E-state index >= 15 is 0 Å². The topological polar surface area (TPSA) is 6.48 Å². The first-order valence-corrected chi connectivity index (χ1v) is 5.68. The Kier molecular flexibility index (Phi) is 2.89. The van der Waals surface area contributed by atoms with Gasteiger partial charge in [0.25, 0.3) is 0 Å². The van der Waals surface area contributed by atoms with Gasteiger partial charge in [0.05, 0.1) is 0 Å². The lowest BCUT2D eigenvalue weighted by atomic mass is 9.85. The second-order valence-electron chi connectivity index (χ2n) is 4.95. The maximum Gasteiger partial charge on any atom is 0.00221 e. The molecule has 2 bridgehead atoms. The van der Waals surface area contributed by atoms with Crippen LogP contribution in [0.15, 0.2) is 0 Å². The van der Waals surface area contributed by atoms with Gasteiger partial charge in [-0.2, -0.15) is 0 Å². The Labute approximate surface area is 81.9 Å². The number of fused-ring (bicyclic) bond motifs is 2. The molecule has 0 radical (unpaired) electrons. The summed E-state index contributed by atoms with van der Waals surface area (Å²) in [5.74, 6) is 1.92. The van der Waals surface area contributed by atoms with Crippen LogP contribution < -0.4 is 0 Å². The zero-order chi connectivity index (χ0) is 9.26. The number of likely N-dealkylation sites (tertiary alicyclic amines) is 2. The normalized spacial score (nSPS) is 36.5. The van der Waals surface area contributed by atoms with Gasteiger partial charge in [-0.1, -0.05) is 6.92 Å². The Hall–Kier alpha value is -0.0800. The van der Waals surface area contributed by atoms with Crippen LogP contribution in [0, 0.1) is 11.8 Å². The summed E-state index contributed by atoms with van der Waals surface area (Å²) in [5.41, 5.74) is 0. The van der Waals surface area contributed by atoms with E-state index in [2.05, 4.69) is 23.8 Å². The molecular weight excluding hydrogens is 160 g/mol. The Balaban J connectivity index is 1.90. The fourth-order valence-corrected chi connectivity index (χ4v) is 3.14. The molecule has 0 aliphatic carbocycles. The minimum Gasteiger partial charge on any atom is -0.306 e. The first-order chi connectivity index (χ1) is 6.28. The van der Waals surface area contributed by atoms with Crippen molar-refractivity contribution in [2.75, 3.05) is 39.8 Å². The third kappa shape index (κ3) is 2.23. The fourth-order valence-electron chi connectivity index (χ4n) is 3.14. The van der Waals surface area contributed by atoms with Gasteiger partial charge >= 0.3 is 0 Å². The van der Waals surface area contributed by atoms with Crippen LogP contribution in [0.1, 0.15) is 19.8 Å². The van der Waals surface area contributed by atoms with E-state index in [0.717, 1.165) is 11.8 Å². The summed E-state index contributed by atoms with van der Waals surface area (Å²) in [6, 6.07) is 0. The van der Waals surface area contributed by atoms with Gasteiger partial charge in [-0.3, -0.25) is 0 Å². The highest BCUT2D eigenvalue weighted by Crippen LogP contribution is 2.27. The van der Waals surface area contributed by atoms with Gasteiger partial charge < -0.3 is 9.80 Å². The molecule has 2 atom stereocenters. The van der Waals surface area contributed by atoms with Crippen LogP contribution in [-0.4, -0.2) is 49.6 Å². The molecular formula is C11H22N2. The van der Waals surface area contributed by atoms with Crippen LogP contribution in [0.2, 0.25) is 0 Å². The summed E-state index contributed by atoms with van der Waals surface area (Å²) in [6.07, 6.45) is 2.81. The van der Waals surface area contributed by atoms with Crippen LogP contribution in [0.4, 0.5) is 0 Å². The minimum atomic E-state index is 0.962. The monoisotopic (exact) mass is 182 g/mol. The lowest BCUT2D eigenvalue weighted by Crippen LogP contribution is -2.51. The molecule has 0 aromatic rings. The molecule has 2 rings (SSSR count). The van der Waals surface area contributed by atoms with Gasteiger partial charge in [0.1, 0.15) is 0 Å². The predicted molar refractivity (Wildman–Crippen MR) is 55.8 cm³/mol. The van der Waals surface area contributed by atoms with Crippen molar-refractivity contribution >= 4 is 0 Å². The molecule has 0 spiro atoms. The molecule has 0 amide bonds. The van der Waals surface area contributed by atoms with Gasteiger partial charge in [-0.25, -0.2) is 0 Å². The highest BCUT2D eigenvalue weighted by molar-refractivity contribution is 4.86. The van der Waals surface area contributed by atoms with E-state index in [9.17, 15) is 0 Å². The van der Waals surface area contributed by atoms with Crippen molar-refractivity contribution in [2.24, 2.45) is 11.8 Å². The van der Waals surface area contributed by atoms with Gasteiger partial charge in [-0.05, 0) is 38.3 Å². The molecule has 2 fully saturated rings. The minimum absolute atomic E-state index is 0.962. The number of hydrogen-bond donors (Lipinski definition) is 0. The van der Waals surface area contributed by atoms with Gasteiger partial charge in [0, 0.05) is 26.2 Å². The zero-order valence-corrected chi connectivity index (χ0v) is 9.00. The number of rotatable bonds is 2.